The van der Waals surface area contributed by atoms with E-state index in [-0.39, 0.29) is 5.15 Å². The Morgan fingerprint density at radius 3 is 2.48 bits per heavy atom. The molecule has 0 aromatic carbocycles. The number of carboxylic acid groups (broad SMARTS) is 1. The summed E-state index contributed by atoms with van der Waals surface area (Å²) in [7, 11) is 0. The van der Waals surface area contributed by atoms with E-state index in [0.717, 1.165) is 12.1 Å². The van der Waals surface area contributed by atoms with Crippen LogP contribution in [-0.4, -0.2) is 28.0 Å². The van der Waals surface area contributed by atoms with Gasteiger partial charge in [0.05, 0.1) is 0 Å². The zero-order valence-corrected chi connectivity index (χ0v) is 13.5. The van der Waals surface area contributed by atoms with Gasteiger partial charge in [-0.15, -0.1) is 0 Å². The summed E-state index contributed by atoms with van der Waals surface area (Å²) < 4.78 is 0. The second-order valence-corrected chi connectivity index (χ2v) is 6.42. The smallest absolute Gasteiger partial charge is 0.326 e. The van der Waals surface area contributed by atoms with Crippen molar-refractivity contribution in [2.45, 2.75) is 46.6 Å². The SMILES string of the molecule is CCCc1cc(C(=O)N[C@@H](C(=O)O)C(C)(C)C)cc(Cl)n1. The molecule has 0 unspecified atom stereocenters. The van der Waals surface area contributed by atoms with Crippen LogP contribution in [0.2, 0.25) is 5.15 Å². The van der Waals surface area contributed by atoms with Crippen LogP contribution in [0.1, 0.15) is 50.2 Å². The predicted molar refractivity (Wildman–Crippen MR) is 81.6 cm³/mol. The van der Waals surface area contributed by atoms with Crippen molar-refractivity contribution < 1.29 is 14.7 Å². The van der Waals surface area contributed by atoms with E-state index in [1.165, 1.54) is 6.07 Å². The molecule has 0 bridgehead atoms. The van der Waals surface area contributed by atoms with Gasteiger partial charge in [-0.25, -0.2) is 9.78 Å². The van der Waals surface area contributed by atoms with Crippen molar-refractivity contribution in [1.29, 1.82) is 0 Å². The average Bonchev–Trinajstić information content (AvgIpc) is 2.33. The lowest BCUT2D eigenvalue weighted by molar-refractivity contribution is -0.142. The fourth-order valence-electron chi connectivity index (χ4n) is 1.93. The number of aryl methyl sites for hydroxylation is 1. The van der Waals surface area contributed by atoms with Gasteiger partial charge in [0.15, 0.2) is 0 Å². The fraction of sp³-hybridized carbons (Fsp3) is 0.533. The predicted octanol–water partition coefficient (Wildman–Crippen LogP) is 2.92. The summed E-state index contributed by atoms with van der Waals surface area (Å²) in [6, 6.07) is 2.11. The highest BCUT2D eigenvalue weighted by molar-refractivity contribution is 6.29. The zero-order valence-electron chi connectivity index (χ0n) is 12.7. The van der Waals surface area contributed by atoms with Gasteiger partial charge in [-0.05, 0) is 24.0 Å². The van der Waals surface area contributed by atoms with Crippen molar-refractivity contribution in [1.82, 2.24) is 10.3 Å². The molecule has 1 aromatic heterocycles. The summed E-state index contributed by atoms with van der Waals surface area (Å²) in [4.78, 5) is 27.7. The molecule has 0 fully saturated rings. The first-order valence-corrected chi connectivity index (χ1v) is 7.23. The van der Waals surface area contributed by atoms with Crippen molar-refractivity contribution in [3.05, 3.63) is 28.5 Å². The minimum absolute atomic E-state index is 0.230. The van der Waals surface area contributed by atoms with Gasteiger partial charge in [-0.1, -0.05) is 45.7 Å². The van der Waals surface area contributed by atoms with Crippen LogP contribution < -0.4 is 5.32 Å². The van der Waals surface area contributed by atoms with Crippen molar-refractivity contribution in [3.63, 3.8) is 0 Å². The lowest BCUT2D eigenvalue weighted by Gasteiger charge is -2.27. The number of rotatable bonds is 5. The lowest BCUT2D eigenvalue weighted by atomic mass is 9.86. The molecule has 0 aliphatic heterocycles. The first-order valence-electron chi connectivity index (χ1n) is 6.85. The van der Waals surface area contributed by atoms with E-state index in [4.69, 9.17) is 11.6 Å². The van der Waals surface area contributed by atoms with Crippen LogP contribution in [0.5, 0.6) is 0 Å². The number of carbonyl (C=O) groups excluding carboxylic acids is 1. The number of hydrogen-bond donors (Lipinski definition) is 2. The zero-order chi connectivity index (χ0) is 16.2. The molecule has 0 saturated carbocycles. The van der Waals surface area contributed by atoms with Crippen molar-refractivity contribution in [2.24, 2.45) is 5.41 Å². The maximum atomic E-state index is 12.3. The molecule has 1 amide bonds. The van der Waals surface area contributed by atoms with Gasteiger partial charge in [0.2, 0.25) is 0 Å². The Kier molecular flexibility index (Phi) is 5.72. The van der Waals surface area contributed by atoms with E-state index in [0.29, 0.717) is 12.0 Å². The number of aliphatic carboxylic acids is 1. The molecule has 1 rings (SSSR count). The molecule has 0 radical (unpaired) electrons. The number of amides is 1. The van der Waals surface area contributed by atoms with Crippen LogP contribution in [0, 0.1) is 5.41 Å². The molecule has 0 saturated heterocycles. The molecule has 116 valence electrons. The van der Waals surface area contributed by atoms with E-state index in [9.17, 15) is 14.7 Å². The molecule has 1 heterocycles. The third-order valence-electron chi connectivity index (χ3n) is 3.00. The highest BCUT2D eigenvalue weighted by Crippen LogP contribution is 2.20. The topological polar surface area (TPSA) is 79.3 Å². The van der Waals surface area contributed by atoms with Crippen molar-refractivity contribution >= 4 is 23.5 Å². The number of halogens is 1. The number of pyridine rings is 1. The Hall–Kier alpha value is -1.62. The lowest BCUT2D eigenvalue weighted by Crippen LogP contribution is -2.49. The summed E-state index contributed by atoms with van der Waals surface area (Å²) in [6.07, 6.45) is 1.59. The number of hydrogen-bond acceptors (Lipinski definition) is 3. The number of nitrogens with one attached hydrogen (secondary N) is 1. The quantitative estimate of drug-likeness (QED) is 0.819. The van der Waals surface area contributed by atoms with Crippen LogP contribution in [0.15, 0.2) is 12.1 Å². The molecule has 1 aromatic rings. The van der Waals surface area contributed by atoms with Crippen LogP contribution in [0.4, 0.5) is 0 Å². The van der Waals surface area contributed by atoms with E-state index in [1.807, 2.05) is 6.92 Å². The largest absolute Gasteiger partial charge is 0.480 e. The maximum Gasteiger partial charge on any atom is 0.326 e. The van der Waals surface area contributed by atoms with E-state index < -0.39 is 23.3 Å². The standard InChI is InChI=1S/C15H21ClN2O3/c1-5-6-10-7-9(8-11(16)17-10)13(19)18-12(14(20)21)15(2,3)4/h7-8,12H,5-6H2,1-4H3,(H,18,19)(H,20,21)/t12-/m0/s1. The van der Waals surface area contributed by atoms with Crippen molar-refractivity contribution in [3.8, 4) is 0 Å². The summed E-state index contributed by atoms with van der Waals surface area (Å²) >= 11 is 5.91. The van der Waals surface area contributed by atoms with Crippen LogP contribution in [0.25, 0.3) is 0 Å². The van der Waals surface area contributed by atoms with Gasteiger partial charge in [0.25, 0.3) is 5.91 Å². The van der Waals surface area contributed by atoms with E-state index in [2.05, 4.69) is 10.3 Å². The van der Waals surface area contributed by atoms with Crippen LogP contribution >= 0.6 is 11.6 Å². The van der Waals surface area contributed by atoms with Crippen LogP contribution in [0.3, 0.4) is 0 Å². The molecule has 0 aliphatic rings. The van der Waals surface area contributed by atoms with Gasteiger partial charge >= 0.3 is 5.97 Å². The number of nitrogens with zero attached hydrogens (tertiary/aromatic N) is 1. The second kappa shape index (κ2) is 6.89. The normalized spacial score (nSPS) is 12.8. The Bertz CT molecular complexity index is 538. The molecule has 21 heavy (non-hydrogen) atoms. The third-order valence-corrected chi connectivity index (χ3v) is 3.20. The minimum atomic E-state index is -1.07. The van der Waals surface area contributed by atoms with Gasteiger partial charge < -0.3 is 10.4 Å². The second-order valence-electron chi connectivity index (χ2n) is 6.03. The number of carboxylic acids is 1. The molecule has 0 aliphatic carbocycles. The van der Waals surface area contributed by atoms with E-state index >= 15 is 0 Å². The average molecular weight is 313 g/mol. The maximum absolute atomic E-state index is 12.3. The van der Waals surface area contributed by atoms with Gasteiger partial charge in [0, 0.05) is 11.3 Å². The molecule has 1 atom stereocenters. The summed E-state index contributed by atoms with van der Waals surface area (Å²) in [6.45, 7) is 7.28. The Morgan fingerprint density at radius 2 is 2.00 bits per heavy atom. The van der Waals surface area contributed by atoms with Gasteiger partial charge in [-0.2, -0.15) is 0 Å². The van der Waals surface area contributed by atoms with Gasteiger partial charge in [0.1, 0.15) is 11.2 Å². The number of aromatic nitrogens is 1. The molecular weight excluding hydrogens is 292 g/mol. The van der Waals surface area contributed by atoms with Crippen molar-refractivity contribution in [2.75, 3.05) is 0 Å². The molecule has 5 nitrogen and oxygen atoms in total. The Labute approximate surface area is 129 Å². The van der Waals surface area contributed by atoms with Crippen LogP contribution in [-0.2, 0) is 11.2 Å². The first-order chi connectivity index (χ1) is 9.65. The molecule has 0 spiro atoms. The molecule has 2 N–H and O–H groups in total. The summed E-state index contributed by atoms with van der Waals surface area (Å²) in [5.74, 6) is -1.52. The summed E-state index contributed by atoms with van der Waals surface area (Å²) in [5, 5.41) is 12.0. The first kappa shape index (κ1) is 17.4. The molecule has 6 heteroatoms. The Morgan fingerprint density at radius 1 is 1.38 bits per heavy atom. The third kappa shape index (κ3) is 5.01. The monoisotopic (exact) mass is 312 g/mol. The van der Waals surface area contributed by atoms with E-state index in [1.54, 1.807) is 26.8 Å². The molecular formula is C15H21ClN2O3. The highest BCUT2D eigenvalue weighted by Gasteiger charge is 2.32. The summed E-state index contributed by atoms with van der Waals surface area (Å²) in [5.41, 5.74) is 0.455. The Balaban J connectivity index is 3.00. The highest BCUT2D eigenvalue weighted by atomic mass is 35.5. The van der Waals surface area contributed by atoms with Gasteiger partial charge in [-0.3, -0.25) is 4.79 Å². The fourth-order valence-corrected chi connectivity index (χ4v) is 2.16. The number of carbonyl (C=O) groups is 2. The minimum Gasteiger partial charge on any atom is -0.480 e.